The van der Waals surface area contributed by atoms with Crippen LogP contribution in [0.1, 0.15) is 47.5 Å². The molecular formula is C18H23ClN2. The highest BCUT2D eigenvalue weighted by atomic mass is 35.5. The molecule has 0 fully saturated rings. The lowest BCUT2D eigenvalue weighted by Crippen LogP contribution is -2.24. The number of aryl methyl sites for hydroxylation is 3. The first-order valence-corrected chi connectivity index (χ1v) is 7.84. The van der Waals surface area contributed by atoms with Crippen molar-refractivity contribution in [1.29, 1.82) is 0 Å². The van der Waals surface area contributed by atoms with Crippen LogP contribution >= 0.6 is 11.6 Å². The number of pyridine rings is 1. The summed E-state index contributed by atoms with van der Waals surface area (Å²) in [5, 5.41) is 4.42. The zero-order valence-corrected chi connectivity index (χ0v) is 14.0. The molecule has 0 saturated heterocycles. The van der Waals surface area contributed by atoms with Crippen molar-refractivity contribution in [2.45, 2.75) is 40.2 Å². The zero-order chi connectivity index (χ0) is 15.4. The number of nitrogens with zero attached hydrogens (tertiary/aromatic N) is 1. The van der Waals surface area contributed by atoms with Crippen LogP contribution in [0.15, 0.2) is 30.3 Å². The van der Waals surface area contributed by atoms with E-state index in [9.17, 15) is 0 Å². The highest BCUT2D eigenvalue weighted by Crippen LogP contribution is 2.27. The fourth-order valence-electron chi connectivity index (χ4n) is 2.49. The van der Waals surface area contributed by atoms with Crippen molar-refractivity contribution in [1.82, 2.24) is 10.3 Å². The number of nitrogens with one attached hydrogen (secondary N) is 1. The number of benzene rings is 1. The SMILES string of the molecule is CCCNC(c1ccc(C)c(Cl)c1)c1ccc(C)nc1C. The maximum Gasteiger partial charge on any atom is 0.0595 e. The number of aromatic nitrogens is 1. The van der Waals surface area contributed by atoms with Crippen molar-refractivity contribution in [3.8, 4) is 0 Å². The van der Waals surface area contributed by atoms with Crippen molar-refractivity contribution in [3.05, 3.63) is 63.4 Å². The summed E-state index contributed by atoms with van der Waals surface area (Å²) in [5.41, 5.74) is 5.63. The molecule has 112 valence electrons. The second-order valence-electron chi connectivity index (χ2n) is 5.52. The largest absolute Gasteiger partial charge is 0.306 e. The molecule has 2 rings (SSSR count). The van der Waals surface area contributed by atoms with Gasteiger partial charge in [-0.1, -0.05) is 36.7 Å². The van der Waals surface area contributed by atoms with E-state index in [-0.39, 0.29) is 6.04 Å². The van der Waals surface area contributed by atoms with Gasteiger partial charge in [-0.2, -0.15) is 0 Å². The summed E-state index contributed by atoms with van der Waals surface area (Å²) < 4.78 is 0. The van der Waals surface area contributed by atoms with E-state index in [0.717, 1.165) is 34.9 Å². The number of rotatable bonds is 5. The highest BCUT2D eigenvalue weighted by Gasteiger charge is 2.17. The molecule has 0 saturated carbocycles. The van der Waals surface area contributed by atoms with E-state index in [2.05, 4.69) is 54.5 Å². The minimum atomic E-state index is 0.135. The van der Waals surface area contributed by atoms with Crippen LogP contribution in [0.3, 0.4) is 0 Å². The molecule has 2 nitrogen and oxygen atoms in total. The van der Waals surface area contributed by atoms with Crippen LogP contribution in [0.5, 0.6) is 0 Å². The summed E-state index contributed by atoms with van der Waals surface area (Å²) >= 11 is 6.30. The van der Waals surface area contributed by atoms with Gasteiger partial charge in [0.25, 0.3) is 0 Å². The number of halogens is 1. The molecule has 0 spiro atoms. The standard InChI is InChI=1S/C18H23ClN2/c1-5-10-20-18(15-8-6-12(2)17(19)11-15)16-9-7-13(3)21-14(16)4/h6-9,11,18,20H,5,10H2,1-4H3. The molecule has 0 aliphatic carbocycles. The van der Waals surface area contributed by atoms with Crippen molar-refractivity contribution < 1.29 is 0 Å². The Morgan fingerprint density at radius 2 is 1.90 bits per heavy atom. The molecule has 0 radical (unpaired) electrons. The second-order valence-corrected chi connectivity index (χ2v) is 5.93. The molecule has 2 aromatic rings. The Morgan fingerprint density at radius 1 is 1.14 bits per heavy atom. The minimum Gasteiger partial charge on any atom is -0.306 e. The van der Waals surface area contributed by atoms with Crippen molar-refractivity contribution in [2.24, 2.45) is 0 Å². The smallest absolute Gasteiger partial charge is 0.0595 e. The van der Waals surface area contributed by atoms with Gasteiger partial charge in [-0.25, -0.2) is 0 Å². The molecule has 1 unspecified atom stereocenters. The first-order valence-electron chi connectivity index (χ1n) is 7.46. The lowest BCUT2D eigenvalue weighted by molar-refractivity contribution is 0.593. The molecule has 1 aromatic heterocycles. The Balaban J connectivity index is 2.44. The maximum atomic E-state index is 6.30. The van der Waals surface area contributed by atoms with Crippen molar-refractivity contribution in [3.63, 3.8) is 0 Å². The molecule has 1 N–H and O–H groups in total. The molecule has 0 amide bonds. The van der Waals surface area contributed by atoms with Crippen LogP contribution in [0.25, 0.3) is 0 Å². The summed E-state index contributed by atoms with van der Waals surface area (Å²) in [6.07, 6.45) is 1.09. The predicted molar refractivity (Wildman–Crippen MR) is 90.0 cm³/mol. The van der Waals surface area contributed by atoms with E-state index in [1.165, 1.54) is 11.1 Å². The molecule has 1 heterocycles. The fraction of sp³-hybridized carbons (Fsp3) is 0.389. The third kappa shape index (κ3) is 3.84. The van der Waals surface area contributed by atoms with Gasteiger partial charge < -0.3 is 5.32 Å². The number of hydrogen-bond acceptors (Lipinski definition) is 2. The van der Waals surface area contributed by atoms with Crippen LogP contribution in [0, 0.1) is 20.8 Å². The van der Waals surface area contributed by atoms with E-state index in [0.29, 0.717) is 0 Å². The summed E-state index contributed by atoms with van der Waals surface area (Å²) in [6, 6.07) is 10.7. The molecule has 21 heavy (non-hydrogen) atoms. The van der Waals surface area contributed by atoms with Gasteiger partial charge in [0, 0.05) is 16.4 Å². The molecular weight excluding hydrogens is 280 g/mol. The van der Waals surface area contributed by atoms with E-state index in [1.807, 2.05) is 13.8 Å². The summed E-state index contributed by atoms with van der Waals surface area (Å²) in [5.74, 6) is 0. The van der Waals surface area contributed by atoms with Crippen molar-refractivity contribution >= 4 is 11.6 Å². The predicted octanol–water partition coefficient (Wildman–Crippen LogP) is 4.75. The van der Waals surface area contributed by atoms with E-state index in [1.54, 1.807) is 0 Å². The third-order valence-electron chi connectivity index (χ3n) is 3.70. The van der Waals surface area contributed by atoms with Crippen LogP contribution < -0.4 is 5.32 Å². The molecule has 1 aromatic carbocycles. The average molecular weight is 303 g/mol. The monoisotopic (exact) mass is 302 g/mol. The topological polar surface area (TPSA) is 24.9 Å². The van der Waals surface area contributed by atoms with Crippen LogP contribution in [-0.2, 0) is 0 Å². The Morgan fingerprint density at radius 3 is 2.52 bits per heavy atom. The normalized spacial score (nSPS) is 12.4. The first-order chi connectivity index (χ1) is 10.0. The fourth-order valence-corrected chi connectivity index (χ4v) is 2.68. The van der Waals surface area contributed by atoms with Crippen LogP contribution in [0.2, 0.25) is 5.02 Å². The van der Waals surface area contributed by atoms with Gasteiger partial charge in [0.05, 0.1) is 6.04 Å². The van der Waals surface area contributed by atoms with Crippen molar-refractivity contribution in [2.75, 3.05) is 6.54 Å². The number of hydrogen-bond donors (Lipinski definition) is 1. The van der Waals surface area contributed by atoms with Gasteiger partial charge in [0.15, 0.2) is 0 Å². The van der Waals surface area contributed by atoms with E-state index < -0.39 is 0 Å². The average Bonchev–Trinajstić information content (AvgIpc) is 2.44. The highest BCUT2D eigenvalue weighted by molar-refractivity contribution is 6.31. The first kappa shape index (κ1) is 16.0. The lowest BCUT2D eigenvalue weighted by Gasteiger charge is -2.22. The summed E-state index contributed by atoms with van der Waals surface area (Å²) in [4.78, 5) is 4.60. The van der Waals surface area contributed by atoms with Gasteiger partial charge >= 0.3 is 0 Å². The van der Waals surface area contributed by atoms with Crippen LogP contribution in [-0.4, -0.2) is 11.5 Å². The van der Waals surface area contributed by atoms with Gasteiger partial charge in [-0.05, 0) is 62.6 Å². The maximum absolute atomic E-state index is 6.30. The Hall–Kier alpha value is -1.38. The molecule has 0 bridgehead atoms. The van der Waals surface area contributed by atoms with Gasteiger partial charge in [0.1, 0.15) is 0 Å². The summed E-state index contributed by atoms with van der Waals surface area (Å²) in [6.45, 7) is 9.25. The van der Waals surface area contributed by atoms with Crippen LogP contribution in [0.4, 0.5) is 0 Å². The van der Waals surface area contributed by atoms with Gasteiger partial charge in [-0.15, -0.1) is 0 Å². The molecule has 0 aliphatic rings. The second kappa shape index (κ2) is 7.06. The Bertz CT molecular complexity index is 623. The third-order valence-corrected chi connectivity index (χ3v) is 4.11. The molecule has 3 heteroatoms. The Labute approximate surface area is 132 Å². The quantitative estimate of drug-likeness (QED) is 0.862. The Kier molecular flexibility index (Phi) is 5.38. The summed E-state index contributed by atoms with van der Waals surface area (Å²) in [7, 11) is 0. The molecule has 0 aliphatic heterocycles. The van der Waals surface area contributed by atoms with Gasteiger partial charge in [-0.3, -0.25) is 4.98 Å². The van der Waals surface area contributed by atoms with Gasteiger partial charge in [0.2, 0.25) is 0 Å². The zero-order valence-electron chi connectivity index (χ0n) is 13.2. The lowest BCUT2D eigenvalue weighted by atomic mass is 9.96. The minimum absolute atomic E-state index is 0.135. The van der Waals surface area contributed by atoms with E-state index >= 15 is 0 Å². The molecule has 1 atom stereocenters. The van der Waals surface area contributed by atoms with E-state index in [4.69, 9.17) is 11.6 Å².